The van der Waals surface area contributed by atoms with E-state index in [9.17, 15) is 4.79 Å². The van der Waals surface area contributed by atoms with Crippen molar-refractivity contribution in [3.05, 3.63) is 35.2 Å². The van der Waals surface area contributed by atoms with Gasteiger partial charge in [-0.2, -0.15) is 0 Å². The third kappa shape index (κ3) is 4.80. The van der Waals surface area contributed by atoms with Gasteiger partial charge < -0.3 is 19.5 Å². The average Bonchev–Trinajstić information content (AvgIpc) is 3.10. The third-order valence-corrected chi connectivity index (χ3v) is 5.19. The Kier molecular flexibility index (Phi) is 6.61. The zero-order valence-electron chi connectivity index (χ0n) is 13.3. The van der Waals surface area contributed by atoms with E-state index in [2.05, 4.69) is 5.32 Å². The molecule has 0 spiro atoms. The summed E-state index contributed by atoms with van der Waals surface area (Å²) in [6, 6.07) is 7.63. The molecule has 7 heteroatoms. The Morgan fingerprint density at radius 2 is 1.87 bits per heavy atom. The minimum Gasteiger partial charge on any atom is -0.493 e. The van der Waals surface area contributed by atoms with Gasteiger partial charge in [-0.1, -0.05) is 6.07 Å². The van der Waals surface area contributed by atoms with Crippen LogP contribution in [0.2, 0.25) is 0 Å². The highest BCUT2D eigenvalue weighted by Gasteiger charge is 2.13. The quantitative estimate of drug-likeness (QED) is 0.739. The number of nitrogens with one attached hydrogen (secondary N) is 1. The van der Waals surface area contributed by atoms with Crippen molar-refractivity contribution in [1.29, 1.82) is 0 Å². The lowest BCUT2D eigenvalue weighted by molar-refractivity contribution is -0.118. The van der Waals surface area contributed by atoms with Crippen LogP contribution in [-0.2, 0) is 11.3 Å². The molecule has 0 bridgehead atoms. The summed E-state index contributed by atoms with van der Waals surface area (Å²) in [6.45, 7) is 0.403. The standard InChI is InChI=1S/C16H19NO4S2/c1-19-12-7-11(8-13(20-2)16(12)21-3)9-17-14(18)10-23-15-5-4-6-22-15/h4-8H,9-10H2,1-3H3,(H,17,18). The molecule has 2 aromatic rings. The molecule has 0 radical (unpaired) electrons. The van der Waals surface area contributed by atoms with E-state index in [4.69, 9.17) is 14.2 Å². The molecular weight excluding hydrogens is 334 g/mol. The minimum absolute atomic E-state index is 0.0165. The highest BCUT2D eigenvalue weighted by atomic mass is 32.2. The van der Waals surface area contributed by atoms with Crippen LogP contribution in [0.4, 0.5) is 0 Å². The van der Waals surface area contributed by atoms with Gasteiger partial charge in [-0.15, -0.1) is 23.1 Å². The maximum absolute atomic E-state index is 11.9. The second-order valence-electron chi connectivity index (χ2n) is 4.53. The van der Waals surface area contributed by atoms with Gasteiger partial charge in [0.1, 0.15) is 0 Å². The molecule has 0 atom stereocenters. The van der Waals surface area contributed by atoms with Crippen LogP contribution in [0.15, 0.2) is 33.9 Å². The smallest absolute Gasteiger partial charge is 0.230 e. The summed E-state index contributed by atoms with van der Waals surface area (Å²) >= 11 is 3.16. The molecule has 5 nitrogen and oxygen atoms in total. The second kappa shape index (κ2) is 8.69. The van der Waals surface area contributed by atoms with E-state index in [0.717, 1.165) is 9.77 Å². The van der Waals surface area contributed by atoms with Crippen molar-refractivity contribution in [2.24, 2.45) is 0 Å². The van der Waals surface area contributed by atoms with Crippen molar-refractivity contribution in [3.63, 3.8) is 0 Å². The fraction of sp³-hybridized carbons (Fsp3) is 0.312. The van der Waals surface area contributed by atoms with Gasteiger partial charge in [-0.25, -0.2) is 0 Å². The Labute approximate surface area is 143 Å². The number of thioether (sulfide) groups is 1. The van der Waals surface area contributed by atoms with Gasteiger partial charge in [0.25, 0.3) is 0 Å². The molecule has 1 N–H and O–H groups in total. The summed E-state index contributed by atoms with van der Waals surface area (Å²) in [6.07, 6.45) is 0. The zero-order chi connectivity index (χ0) is 16.7. The van der Waals surface area contributed by atoms with Crippen molar-refractivity contribution in [2.45, 2.75) is 10.8 Å². The van der Waals surface area contributed by atoms with Crippen LogP contribution in [0.1, 0.15) is 5.56 Å². The van der Waals surface area contributed by atoms with Crippen LogP contribution in [0, 0.1) is 0 Å². The van der Waals surface area contributed by atoms with Crippen molar-refractivity contribution in [3.8, 4) is 17.2 Å². The molecule has 0 fully saturated rings. The molecule has 124 valence electrons. The minimum atomic E-state index is -0.0165. The number of carbonyl (C=O) groups is 1. The van der Waals surface area contributed by atoms with Crippen molar-refractivity contribution >= 4 is 29.0 Å². The number of amides is 1. The predicted octanol–water partition coefficient (Wildman–Crippen LogP) is 3.18. The number of benzene rings is 1. The molecule has 0 aliphatic carbocycles. The van der Waals surface area contributed by atoms with Gasteiger partial charge in [-0.3, -0.25) is 4.79 Å². The van der Waals surface area contributed by atoms with Crippen LogP contribution < -0.4 is 19.5 Å². The van der Waals surface area contributed by atoms with Crippen molar-refractivity contribution in [2.75, 3.05) is 27.1 Å². The molecule has 0 aliphatic rings. The lowest BCUT2D eigenvalue weighted by atomic mass is 10.2. The molecule has 0 unspecified atom stereocenters. The first-order chi connectivity index (χ1) is 11.2. The number of thiophene rings is 1. The van der Waals surface area contributed by atoms with E-state index in [1.54, 1.807) is 32.7 Å². The van der Waals surface area contributed by atoms with E-state index in [1.807, 2.05) is 29.6 Å². The van der Waals surface area contributed by atoms with E-state index < -0.39 is 0 Å². The first kappa shape index (κ1) is 17.5. The summed E-state index contributed by atoms with van der Waals surface area (Å²) in [4.78, 5) is 11.9. The van der Waals surface area contributed by atoms with Crippen molar-refractivity contribution in [1.82, 2.24) is 5.32 Å². The van der Waals surface area contributed by atoms with Crippen LogP contribution in [0.5, 0.6) is 17.2 Å². The molecule has 2 rings (SSSR count). The number of ether oxygens (including phenoxy) is 3. The highest BCUT2D eigenvalue weighted by molar-refractivity contribution is 8.01. The number of carbonyl (C=O) groups excluding carboxylic acids is 1. The summed E-state index contributed by atoms with van der Waals surface area (Å²) in [5.74, 6) is 2.06. The first-order valence-corrected chi connectivity index (χ1v) is 8.76. The SMILES string of the molecule is COc1cc(CNC(=O)CSc2cccs2)cc(OC)c1OC. The normalized spacial score (nSPS) is 10.2. The van der Waals surface area contributed by atoms with E-state index in [-0.39, 0.29) is 5.91 Å². The maximum Gasteiger partial charge on any atom is 0.230 e. The summed E-state index contributed by atoms with van der Waals surface area (Å²) in [5, 5.41) is 4.89. The Morgan fingerprint density at radius 3 is 2.39 bits per heavy atom. The van der Waals surface area contributed by atoms with Gasteiger partial charge >= 0.3 is 0 Å². The molecule has 1 heterocycles. The molecule has 1 aromatic carbocycles. The Hall–Kier alpha value is -1.86. The molecule has 0 saturated heterocycles. The Bertz CT molecular complexity index is 619. The largest absolute Gasteiger partial charge is 0.493 e. The number of hydrogen-bond donors (Lipinski definition) is 1. The lowest BCUT2D eigenvalue weighted by Gasteiger charge is -2.14. The van der Waals surface area contributed by atoms with Crippen LogP contribution in [0.25, 0.3) is 0 Å². The monoisotopic (exact) mass is 353 g/mol. The number of hydrogen-bond acceptors (Lipinski definition) is 6. The highest BCUT2D eigenvalue weighted by Crippen LogP contribution is 2.38. The maximum atomic E-state index is 11.9. The van der Waals surface area contributed by atoms with Gasteiger partial charge in [0.2, 0.25) is 11.7 Å². The average molecular weight is 353 g/mol. The summed E-state index contributed by atoms with van der Waals surface area (Å²) in [5.41, 5.74) is 0.883. The summed E-state index contributed by atoms with van der Waals surface area (Å²) in [7, 11) is 4.69. The number of methoxy groups -OCH3 is 3. The van der Waals surface area contributed by atoms with E-state index in [0.29, 0.717) is 29.5 Å². The molecule has 0 saturated carbocycles. The molecule has 23 heavy (non-hydrogen) atoms. The predicted molar refractivity (Wildman–Crippen MR) is 93.0 cm³/mol. The number of rotatable bonds is 8. The van der Waals surface area contributed by atoms with Crippen molar-refractivity contribution < 1.29 is 19.0 Å². The molecule has 1 amide bonds. The second-order valence-corrected chi connectivity index (χ2v) is 6.75. The molecule has 1 aromatic heterocycles. The molecule has 0 aliphatic heterocycles. The van der Waals surface area contributed by atoms with Gasteiger partial charge in [-0.05, 0) is 29.1 Å². The van der Waals surface area contributed by atoms with Crippen LogP contribution in [-0.4, -0.2) is 33.0 Å². The van der Waals surface area contributed by atoms with Gasteiger partial charge in [0.05, 0.1) is 31.3 Å². The zero-order valence-corrected chi connectivity index (χ0v) is 14.9. The topological polar surface area (TPSA) is 56.8 Å². The fourth-order valence-corrected chi connectivity index (χ4v) is 3.59. The van der Waals surface area contributed by atoms with E-state index in [1.165, 1.54) is 11.8 Å². The van der Waals surface area contributed by atoms with Gasteiger partial charge in [0.15, 0.2) is 11.5 Å². The van der Waals surface area contributed by atoms with Crippen LogP contribution in [0.3, 0.4) is 0 Å². The lowest BCUT2D eigenvalue weighted by Crippen LogP contribution is -2.24. The first-order valence-electron chi connectivity index (χ1n) is 6.89. The van der Waals surface area contributed by atoms with Crippen LogP contribution >= 0.6 is 23.1 Å². The molecular formula is C16H19NO4S2. The fourth-order valence-electron chi connectivity index (χ4n) is 1.97. The Morgan fingerprint density at radius 1 is 1.17 bits per heavy atom. The van der Waals surface area contributed by atoms with Gasteiger partial charge in [0, 0.05) is 6.54 Å². The third-order valence-electron chi connectivity index (χ3n) is 3.05. The summed E-state index contributed by atoms with van der Waals surface area (Å²) < 4.78 is 17.0. The van der Waals surface area contributed by atoms with E-state index >= 15 is 0 Å². The Balaban J connectivity index is 1.95.